The summed E-state index contributed by atoms with van der Waals surface area (Å²) in [4.78, 5) is 38.2. The summed E-state index contributed by atoms with van der Waals surface area (Å²) in [5.41, 5.74) is 0.182. The van der Waals surface area contributed by atoms with Gasteiger partial charge >= 0.3 is 12.1 Å². The quantitative estimate of drug-likeness (QED) is 0.743. The molecule has 1 aliphatic rings. The average molecular weight is 392 g/mol. The standard InChI is InChI=1S/C20H28N2O6/c1-20(2,3)28-19(25)22-12-15(26-4)10-16(22)18(24)21-11-17(23)27-13-14-8-6-5-7-9-14/h5-9,15-16H,10-13H2,1-4H3,(H,21,24)/t15-,16?/m1/s1. The van der Waals surface area contributed by atoms with E-state index in [0.29, 0.717) is 6.42 Å². The molecule has 2 rings (SSSR count). The normalized spacial score (nSPS) is 19.2. The maximum absolute atomic E-state index is 12.5. The van der Waals surface area contributed by atoms with Crippen molar-refractivity contribution in [3.63, 3.8) is 0 Å². The Morgan fingerprint density at radius 1 is 1.18 bits per heavy atom. The molecule has 1 aliphatic heterocycles. The molecule has 154 valence electrons. The second-order valence-corrected chi connectivity index (χ2v) is 7.61. The van der Waals surface area contributed by atoms with Crippen LogP contribution in [0.2, 0.25) is 0 Å². The minimum Gasteiger partial charge on any atom is -0.460 e. The van der Waals surface area contributed by atoms with Crippen LogP contribution in [0.15, 0.2) is 30.3 Å². The second-order valence-electron chi connectivity index (χ2n) is 7.61. The number of carbonyl (C=O) groups excluding carboxylic acids is 3. The fourth-order valence-corrected chi connectivity index (χ4v) is 2.81. The van der Waals surface area contributed by atoms with Crippen LogP contribution in [0.3, 0.4) is 0 Å². The Kier molecular flexibility index (Phi) is 7.39. The number of rotatable bonds is 6. The number of hydrogen-bond acceptors (Lipinski definition) is 6. The molecule has 0 bridgehead atoms. The van der Waals surface area contributed by atoms with Crippen molar-refractivity contribution in [2.45, 2.75) is 51.5 Å². The van der Waals surface area contributed by atoms with Crippen molar-refractivity contribution in [1.29, 1.82) is 0 Å². The maximum atomic E-state index is 12.5. The molecule has 0 aliphatic carbocycles. The van der Waals surface area contributed by atoms with Gasteiger partial charge in [0.1, 0.15) is 24.8 Å². The minimum atomic E-state index is -0.762. The zero-order valence-electron chi connectivity index (χ0n) is 16.8. The highest BCUT2D eigenvalue weighted by atomic mass is 16.6. The highest BCUT2D eigenvalue weighted by Crippen LogP contribution is 2.23. The first kappa shape index (κ1) is 21.7. The summed E-state index contributed by atoms with van der Waals surface area (Å²) in [7, 11) is 1.53. The van der Waals surface area contributed by atoms with Gasteiger partial charge in [-0.2, -0.15) is 0 Å². The summed E-state index contributed by atoms with van der Waals surface area (Å²) >= 11 is 0. The number of likely N-dealkylation sites (tertiary alicyclic amines) is 1. The van der Waals surface area contributed by atoms with Crippen LogP contribution in [0.25, 0.3) is 0 Å². The molecule has 1 saturated heterocycles. The number of nitrogens with one attached hydrogen (secondary N) is 1. The number of ether oxygens (including phenoxy) is 3. The van der Waals surface area contributed by atoms with E-state index in [9.17, 15) is 14.4 Å². The minimum absolute atomic E-state index is 0.134. The van der Waals surface area contributed by atoms with Gasteiger partial charge in [-0.3, -0.25) is 14.5 Å². The third kappa shape index (κ3) is 6.53. The lowest BCUT2D eigenvalue weighted by atomic mass is 10.2. The lowest BCUT2D eigenvalue weighted by Crippen LogP contribution is -2.48. The van der Waals surface area contributed by atoms with E-state index in [-0.39, 0.29) is 25.8 Å². The molecule has 8 nitrogen and oxygen atoms in total. The largest absolute Gasteiger partial charge is 0.460 e. The predicted octanol–water partition coefficient (Wildman–Crippen LogP) is 1.87. The summed E-state index contributed by atoms with van der Waals surface area (Å²) in [5, 5.41) is 2.53. The van der Waals surface area contributed by atoms with Crippen LogP contribution in [0.5, 0.6) is 0 Å². The molecule has 2 amide bonds. The highest BCUT2D eigenvalue weighted by molar-refractivity contribution is 5.88. The monoisotopic (exact) mass is 392 g/mol. The summed E-state index contributed by atoms with van der Waals surface area (Å²) < 4.78 is 15.8. The van der Waals surface area contributed by atoms with E-state index in [1.54, 1.807) is 20.8 Å². The van der Waals surface area contributed by atoms with Crippen molar-refractivity contribution in [2.24, 2.45) is 0 Å². The van der Waals surface area contributed by atoms with Crippen LogP contribution in [0.4, 0.5) is 4.79 Å². The number of esters is 1. The van der Waals surface area contributed by atoms with Crippen LogP contribution < -0.4 is 5.32 Å². The first-order valence-corrected chi connectivity index (χ1v) is 9.19. The molecule has 0 saturated carbocycles. The van der Waals surface area contributed by atoms with E-state index in [4.69, 9.17) is 14.2 Å². The molecule has 1 N–H and O–H groups in total. The summed E-state index contributed by atoms with van der Waals surface area (Å²) in [6.45, 7) is 5.38. The Morgan fingerprint density at radius 3 is 2.46 bits per heavy atom. The molecule has 8 heteroatoms. The lowest BCUT2D eigenvalue weighted by molar-refractivity contribution is -0.145. The number of nitrogens with zero attached hydrogens (tertiary/aromatic N) is 1. The SMILES string of the molecule is CO[C@@H]1CC(C(=O)NCC(=O)OCc2ccccc2)N(C(=O)OC(C)(C)C)C1. The summed E-state index contributed by atoms with van der Waals surface area (Å²) in [6.07, 6.45) is -0.521. The molecule has 0 spiro atoms. The zero-order valence-corrected chi connectivity index (χ0v) is 16.8. The van der Waals surface area contributed by atoms with E-state index in [1.165, 1.54) is 12.0 Å². The van der Waals surface area contributed by atoms with E-state index >= 15 is 0 Å². The van der Waals surface area contributed by atoms with Gasteiger partial charge in [0.2, 0.25) is 5.91 Å². The van der Waals surface area contributed by atoms with Crippen molar-refractivity contribution in [2.75, 3.05) is 20.2 Å². The third-order valence-electron chi connectivity index (χ3n) is 4.18. The van der Waals surface area contributed by atoms with Crippen LogP contribution in [0, 0.1) is 0 Å². The average Bonchev–Trinajstić information content (AvgIpc) is 3.09. The molecular weight excluding hydrogens is 364 g/mol. The van der Waals surface area contributed by atoms with Gasteiger partial charge in [0.15, 0.2) is 0 Å². The molecule has 1 aromatic carbocycles. The molecule has 0 radical (unpaired) electrons. The van der Waals surface area contributed by atoms with Gasteiger partial charge in [-0.05, 0) is 26.3 Å². The third-order valence-corrected chi connectivity index (χ3v) is 4.18. The topological polar surface area (TPSA) is 94.2 Å². The van der Waals surface area contributed by atoms with E-state index in [1.807, 2.05) is 30.3 Å². The number of amides is 2. The van der Waals surface area contributed by atoms with Crippen molar-refractivity contribution in [1.82, 2.24) is 10.2 Å². The molecule has 1 heterocycles. The molecular formula is C20H28N2O6. The first-order valence-electron chi connectivity index (χ1n) is 9.19. The number of hydrogen-bond donors (Lipinski definition) is 1. The van der Waals surface area contributed by atoms with Gasteiger partial charge in [0.25, 0.3) is 0 Å². The van der Waals surface area contributed by atoms with Gasteiger partial charge in [0.05, 0.1) is 12.6 Å². The Hall–Kier alpha value is -2.61. The van der Waals surface area contributed by atoms with Gasteiger partial charge in [-0.1, -0.05) is 30.3 Å². The van der Waals surface area contributed by atoms with Crippen molar-refractivity contribution >= 4 is 18.0 Å². The maximum Gasteiger partial charge on any atom is 0.411 e. The fourth-order valence-electron chi connectivity index (χ4n) is 2.81. The van der Waals surface area contributed by atoms with Gasteiger partial charge in [0, 0.05) is 13.5 Å². The molecule has 2 atom stereocenters. The first-order chi connectivity index (χ1) is 13.2. The molecule has 1 aromatic rings. The fraction of sp³-hybridized carbons (Fsp3) is 0.550. The lowest BCUT2D eigenvalue weighted by Gasteiger charge is -2.27. The van der Waals surface area contributed by atoms with Gasteiger partial charge < -0.3 is 19.5 Å². The van der Waals surface area contributed by atoms with E-state index < -0.39 is 29.6 Å². The molecule has 1 fully saturated rings. The van der Waals surface area contributed by atoms with E-state index in [2.05, 4.69) is 5.32 Å². The number of methoxy groups -OCH3 is 1. The Balaban J connectivity index is 1.87. The Bertz CT molecular complexity index is 686. The van der Waals surface area contributed by atoms with Gasteiger partial charge in [-0.15, -0.1) is 0 Å². The molecule has 28 heavy (non-hydrogen) atoms. The van der Waals surface area contributed by atoms with Crippen LogP contribution >= 0.6 is 0 Å². The van der Waals surface area contributed by atoms with Crippen LogP contribution in [0.1, 0.15) is 32.8 Å². The molecule has 1 unspecified atom stereocenters. The summed E-state index contributed by atoms with van der Waals surface area (Å²) in [6, 6.07) is 8.49. The van der Waals surface area contributed by atoms with Crippen molar-refractivity contribution < 1.29 is 28.6 Å². The number of benzene rings is 1. The van der Waals surface area contributed by atoms with E-state index in [0.717, 1.165) is 5.56 Å². The molecule has 0 aromatic heterocycles. The predicted molar refractivity (Wildman–Crippen MR) is 101 cm³/mol. The van der Waals surface area contributed by atoms with Crippen molar-refractivity contribution in [3.8, 4) is 0 Å². The zero-order chi connectivity index (χ0) is 20.7. The smallest absolute Gasteiger partial charge is 0.411 e. The van der Waals surface area contributed by atoms with Crippen LogP contribution in [-0.2, 0) is 30.4 Å². The van der Waals surface area contributed by atoms with Gasteiger partial charge in [-0.25, -0.2) is 4.79 Å². The highest BCUT2D eigenvalue weighted by Gasteiger charge is 2.41. The Labute approximate surface area is 165 Å². The number of carbonyl (C=O) groups is 3. The van der Waals surface area contributed by atoms with Crippen LogP contribution in [-0.4, -0.2) is 60.8 Å². The summed E-state index contributed by atoms with van der Waals surface area (Å²) in [5.74, 6) is -0.996. The second kappa shape index (κ2) is 9.54. The van der Waals surface area contributed by atoms with Crippen molar-refractivity contribution in [3.05, 3.63) is 35.9 Å². The Morgan fingerprint density at radius 2 is 1.86 bits per heavy atom.